The topological polar surface area (TPSA) is 105 Å². The number of nitrogens with zero attached hydrogens (tertiary/aromatic N) is 4. The van der Waals surface area contributed by atoms with E-state index in [-0.39, 0.29) is 6.42 Å². The molecule has 1 aliphatic carbocycles. The van der Waals surface area contributed by atoms with E-state index in [0.29, 0.717) is 18.4 Å². The Hall–Kier alpha value is -2.00. The summed E-state index contributed by atoms with van der Waals surface area (Å²) in [4.78, 5) is 24.8. The van der Waals surface area contributed by atoms with E-state index in [4.69, 9.17) is 15.1 Å². The molecule has 2 heterocycles. The van der Waals surface area contributed by atoms with Crippen LogP contribution in [0.15, 0.2) is 30.6 Å². The van der Waals surface area contributed by atoms with Crippen molar-refractivity contribution in [3.63, 3.8) is 0 Å². The lowest BCUT2D eigenvalue weighted by atomic mass is 9.95. The number of aliphatic carboxylic acids is 1. The number of nitrogens with one attached hydrogen (secondary N) is 2. The van der Waals surface area contributed by atoms with Gasteiger partial charge in [0, 0.05) is 18.2 Å². The molecule has 1 saturated carbocycles. The van der Waals surface area contributed by atoms with Crippen LogP contribution in [0, 0.1) is 0 Å². The number of benzene rings is 1. The summed E-state index contributed by atoms with van der Waals surface area (Å²) in [5.74, 6) is 0.704. The third-order valence-electron chi connectivity index (χ3n) is 6.50. The van der Waals surface area contributed by atoms with Crippen LogP contribution in [0.1, 0.15) is 76.2 Å². The van der Waals surface area contributed by atoms with Crippen molar-refractivity contribution in [3.05, 3.63) is 36.2 Å². The predicted molar refractivity (Wildman–Crippen MR) is 152 cm³/mol. The number of imidazole rings is 1. The van der Waals surface area contributed by atoms with Gasteiger partial charge in [0.1, 0.15) is 6.33 Å². The molecule has 188 valence electrons. The summed E-state index contributed by atoms with van der Waals surface area (Å²) >= 11 is 2.35. The fourth-order valence-corrected chi connectivity index (χ4v) is 5.97. The highest BCUT2D eigenvalue weighted by Gasteiger charge is 2.18. The minimum Gasteiger partial charge on any atom is -0.481 e. The Labute approximate surface area is 221 Å². The quantitative estimate of drug-likeness (QED) is 0.108. The van der Waals surface area contributed by atoms with Crippen LogP contribution < -0.4 is 10.6 Å². The van der Waals surface area contributed by atoms with Crippen LogP contribution in [0.3, 0.4) is 0 Å². The maximum Gasteiger partial charge on any atom is 0.303 e. The highest BCUT2D eigenvalue weighted by atomic mass is 127. The summed E-state index contributed by atoms with van der Waals surface area (Å²) in [7, 11) is 0. The Bertz CT molecular complexity index is 1100. The van der Waals surface area contributed by atoms with Crippen LogP contribution in [0.2, 0.25) is 0 Å². The first kappa shape index (κ1) is 26.1. The van der Waals surface area contributed by atoms with Crippen molar-refractivity contribution in [1.29, 1.82) is 0 Å². The van der Waals surface area contributed by atoms with Gasteiger partial charge in [-0.15, -0.1) is 0 Å². The molecule has 0 saturated heterocycles. The van der Waals surface area contributed by atoms with Gasteiger partial charge in [-0.3, -0.25) is 9.13 Å². The van der Waals surface area contributed by atoms with Crippen LogP contribution in [0.25, 0.3) is 11.2 Å². The maximum atomic E-state index is 10.6. The molecular formula is C25H34IN6O2P. The largest absolute Gasteiger partial charge is 0.481 e. The van der Waals surface area contributed by atoms with E-state index < -0.39 is 5.97 Å². The molecule has 1 aliphatic rings. The second-order valence-electron chi connectivity index (χ2n) is 9.23. The van der Waals surface area contributed by atoms with Gasteiger partial charge in [0.05, 0.1) is 6.37 Å². The highest BCUT2D eigenvalue weighted by Crippen LogP contribution is 2.32. The predicted octanol–water partition coefficient (Wildman–Crippen LogP) is 7.07. The van der Waals surface area contributed by atoms with Gasteiger partial charge in [-0.25, -0.2) is 4.98 Å². The molecule has 3 N–H and O–H groups in total. The molecule has 0 amide bonds. The van der Waals surface area contributed by atoms with Crippen molar-refractivity contribution in [2.45, 2.75) is 83.1 Å². The van der Waals surface area contributed by atoms with Gasteiger partial charge in [-0.1, -0.05) is 50.7 Å². The summed E-state index contributed by atoms with van der Waals surface area (Å²) in [6.07, 6.45) is 15.0. The van der Waals surface area contributed by atoms with Crippen LogP contribution in [-0.4, -0.2) is 36.4 Å². The van der Waals surface area contributed by atoms with Crippen molar-refractivity contribution >= 4 is 63.0 Å². The number of rotatable bonds is 13. The van der Waals surface area contributed by atoms with Gasteiger partial charge in [-0.2, -0.15) is 9.97 Å². The Morgan fingerprint density at radius 3 is 2.54 bits per heavy atom. The maximum absolute atomic E-state index is 10.6. The second-order valence-corrected chi connectivity index (χ2v) is 11.3. The van der Waals surface area contributed by atoms with Crippen molar-refractivity contribution in [2.24, 2.45) is 0 Å². The van der Waals surface area contributed by atoms with E-state index in [0.717, 1.165) is 61.2 Å². The molecule has 0 bridgehead atoms. The second kappa shape index (κ2) is 13.3. The molecule has 10 heteroatoms. The first-order chi connectivity index (χ1) is 17.1. The monoisotopic (exact) mass is 608 g/mol. The molecule has 1 aromatic carbocycles. The summed E-state index contributed by atoms with van der Waals surface area (Å²) in [6, 6.07) is 8.92. The summed E-state index contributed by atoms with van der Waals surface area (Å²) < 4.78 is 2.07. The molecular weight excluding hydrogens is 574 g/mol. The number of hydrogen-bond donors (Lipinski definition) is 3. The van der Waals surface area contributed by atoms with Gasteiger partial charge in [0.25, 0.3) is 0 Å². The van der Waals surface area contributed by atoms with Crippen molar-refractivity contribution in [1.82, 2.24) is 19.3 Å². The third-order valence-corrected chi connectivity index (χ3v) is 8.57. The smallest absolute Gasteiger partial charge is 0.303 e. The summed E-state index contributed by atoms with van der Waals surface area (Å²) in [5, 5.41) is 15.7. The lowest BCUT2D eigenvalue weighted by Crippen LogP contribution is -2.23. The molecule has 1 atom stereocenters. The summed E-state index contributed by atoms with van der Waals surface area (Å²) in [5.41, 5.74) is 3.96. The zero-order valence-corrected chi connectivity index (χ0v) is 23.1. The minimum atomic E-state index is -0.697. The standard InChI is InChI=1S/C25H34IN6O2P/c26-35-32-17-27-22-23(28-19-10-6-4-7-11-19)30-25(31-24(22)32)29-20-15-13-18(14-16-20)9-5-2-1-3-8-12-21(33)34/h13-17,19,35H,1-12H2,(H,33,34)(H2,28,29,30,31). The number of carboxylic acids is 1. The van der Waals surface area contributed by atoms with E-state index in [2.05, 4.69) is 66.3 Å². The van der Waals surface area contributed by atoms with E-state index in [1.807, 2.05) is 6.33 Å². The number of unbranched alkanes of at least 4 members (excludes halogenated alkanes) is 4. The van der Waals surface area contributed by atoms with Gasteiger partial charge < -0.3 is 15.7 Å². The molecule has 3 aromatic rings. The Morgan fingerprint density at radius 1 is 1.06 bits per heavy atom. The van der Waals surface area contributed by atoms with E-state index >= 15 is 0 Å². The van der Waals surface area contributed by atoms with E-state index in [1.165, 1.54) is 37.7 Å². The highest BCUT2D eigenvalue weighted by molar-refractivity contribution is 14.2. The van der Waals surface area contributed by atoms with Gasteiger partial charge in [0.15, 0.2) is 17.0 Å². The first-order valence-corrected chi connectivity index (χ1v) is 16.6. The normalized spacial score (nSPS) is 14.7. The fourth-order valence-electron chi connectivity index (χ4n) is 4.58. The molecule has 0 spiro atoms. The molecule has 8 nitrogen and oxygen atoms in total. The fraction of sp³-hybridized carbons (Fsp3) is 0.520. The van der Waals surface area contributed by atoms with Gasteiger partial charge in [0.2, 0.25) is 5.95 Å². The van der Waals surface area contributed by atoms with Crippen LogP contribution in [0.4, 0.5) is 17.5 Å². The Balaban J connectivity index is 1.36. The zero-order valence-electron chi connectivity index (χ0n) is 20.0. The van der Waals surface area contributed by atoms with Gasteiger partial charge in [-0.05, 0) is 71.8 Å². The number of hydrogen-bond acceptors (Lipinski definition) is 6. The number of anilines is 3. The van der Waals surface area contributed by atoms with Crippen molar-refractivity contribution < 1.29 is 9.90 Å². The number of carbonyl (C=O) groups is 1. The SMILES string of the molecule is O=C(O)CCCCCCCc1ccc(Nc2nc(NC3CCCCC3)c3ncn(PI)c3n2)cc1. The lowest BCUT2D eigenvalue weighted by molar-refractivity contribution is -0.137. The average Bonchev–Trinajstić information content (AvgIpc) is 3.28. The molecule has 2 aromatic heterocycles. The van der Waals surface area contributed by atoms with Crippen molar-refractivity contribution in [2.75, 3.05) is 10.6 Å². The van der Waals surface area contributed by atoms with Crippen LogP contribution >= 0.6 is 28.4 Å². The zero-order chi connectivity index (χ0) is 24.5. The van der Waals surface area contributed by atoms with Gasteiger partial charge >= 0.3 is 5.97 Å². The molecule has 4 rings (SSSR count). The molecule has 1 unspecified atom stereocenters. The average molecular weight is 608 g/mol. The first-order valence-electron chi connectivity index (χ1n) is 12.6. The van der Waals surface area contributed by atoms with Crippen molar-refractivity contribution in [3.8, 4) is 0 Å². The molecule has 35 heavy (non-hydrogen) atoms. The Morgan fingerprint density at radius 2 is 1.80 bits per heavy atom. The number of halogens is 1. The molecule has 0 aliphatic heterocycles. The number of aromatic nitrogens is 4. The lowest BCUT2D eigenvalue weighted by Gasteiger charge is -2.23. The molecule has 0 radical (unpaired) electrons. The van der Waals surface area contributed by atoms with E-state index in [1.54, 1.807) is 0 Å². The van der Waals surface area contributed by atoms with Crippen LogP contribution in [-0.2, 0) is 11.2 Å². The van der Waals surface area contributed by atoms with Crippen LogP contribution in [0.5, 0.6) is 0 Å². The summed E-state index contributed by atoms with van der Waals surface area (Å²) in [6.45, 7) is 0. The minimum absolute atomic E-state index is 0.282. The number of fused-ring (bicyclic) bond motifs is 1. The number of aryl methyl sites for hydroxylation is 1. The molecule has 1 fully saturated rings. The Kier molecular flexibility index (Phi) is 9.94. The number of carboxylic acid groups (broad SMARTS) is 1. The third kappa shape index (κ3) is 7.74. The van der Waals surface area contributed by atoms with E-state index in [9.17, 15) is 4.79 Å².